The van der Waals surface area contributed by atoms with Crippen molar-refractivity contribution in [2.45, 2.75) is 0 Å². The van der Waals surface area contributed by atoms with Crippen LogP contribution in [-0.2, 0) is 0 Å². The highest BCUT2D eigenvalue weighted by Crippen LogP contribution is 1.59. The van der Waals surface area contributed by atoms with Gasteiger partial charge in [-0.05, 0) is 7.05 Å². The highest BCUT2D eigenvalue weighted by molar-refractivity contribution is 5.60. The molecule has 0 saturated carbocycles. The lowest BCUT2D eigenvalue weighted by atomic mass is 10.7. The van der Waals surface area contributed by atoms with E-state index in [-0.39, 0.29) is 0 Å². The summed E-state index contributed by atoms with van der Waals surface area (Å²) in [5, 5.41) is 2.91. The third-order valence-corrected chi connectivity index (χ3v) is 0.506. The van der Waals surface area contributed by atoms with Crippen LogP contribution in [0.1, 0.15) is 0 Å². The van der Waals surface area contributed by atoms with E-state index >= 15 is 0 Å². The van der Waals surface area contributed by atoms with Gasteiger partial charge in [0.1, 0.15) is 0 Å². The number of hydrogen-bond donors (Lipinski definition) is 1. The van der Waals surface area contributed by atoms with E-state index in [1.807, 2.05) is 7.05 Å². The first kappa shape index (κ1) is 6.37. The molecule has 0 atom stereocenters. The van der Waals surface area contributed by atoms with Crippen LogP contribution in [0.4, 0.5) is 0 Å². The van der Waals surface area contributed by atoms with Crippen LogP contribution in [0.2, 0.25) is 0 Å². The van der Waals surface area contributed by atoms with E-state index in [0.717, 1.165) is 6.54 Å². The molecule has 0 aliphatic carbocycles. The highest BCUT2D eigenvalue weighted by Gasteiger charge is 1.63. The lowest BCUT2D eigenvalue weighted by molar-refractivity contribution is 0.957. The van der Waals surface area contributed by atoms with Crippen molar-refractivity contribution in [3.8, 4) is 0 Å². The zero-order valence-electron chi connectivity index (χ0n) is 4.52. The van der Waals surface area contributed by atoms with Gasteiger partial charge in [-0.3, -0.25) is 4.99 Å². The second-order valence-corrected chi connectivity index (χ2v) is 1.07. The fourth-order valence-electron chi connectivity index (χ4n) is 0.219. The molecule has 0 amide bonds. The number of hydrogen-bond acceptors (Lipinski definition) is 2. The molecule has 0 saturated heterocycles. The van der Waals surface area contributed by atoms with Crippen LogP contribution < -0.4 is 5.32 Å². The van der Waals surface area contributed by atoms with Crippen LogP contribution in [0.15, 0.2) is 17.8 Å². The van der Waals surface area contributed by atoms with E-state index < -0.39 is 0 Å². The van der Waals surface area contributed by atoms with Crippen LogP contribution >= 0.6 is 0 Å². The average molecular weight is 98.1 g/mol. The molecule has 0 unspecified atom stereocenters. The molecule has 0 heterocycles. The van der Waals surface area contributed by atoms with Crippen molar-refractivity contribution in [1.82, 2.24) is 5.32 Å². The maximum absolute atomic E-state index is 3.74. The largest absolute Gasteiger partial charge is 0.315 e. The zero-order valence-corrected chi connectivity index (χ0v) is 4.52. The van der Waals surface area contributed by atoms with Crippen LogP contribution in [0.3, 0.4) is 0 Å². The van der Waals surface area contributed by atoms with Crippen LogP contribution in [0, 0.1) is 0 Å². The van der Waals surface area contributed by atoms with Crippen molar-refractivity contribution >= 4 is 6.21 Å². The molecule has 2 nitrogen and oxygen atoms in total. The van der Waals surface area contributed by atoms with Crippen LogP contribution in [-0.4, -0.2) is 19.8 Å². The van der Waals surface area contributed by atoms with Gasteiger partial charge in [-0.2, -0.15) is 0 Å². The van der Waals surface area contributed by atoms with Gasteiger partial charge in [-0.1, -0.05) is 6.58 Å². The van der Waals surface area contributed by atoms with Gasteiger partial charge in [-0.15, -0.1) is 0 Å². The Morgan fingerprint density at radius 3 is 3.00 bits per heavy atom. The third-order valence-electron chi connectivity index (χ3n) is 0.506. The first-order valence-corrected chi connectivity index (χ1v) is 2.19. The Bertz CT molecular complexity index is 66.5. The van der Waals surface area contributed by atoms with Crippen molar-refractivity contribution in [1.29, 1.82) is 0 Å². The predicted molar refractivity (Wildman–Crippen MR) is 32.6 cm³/mol. The van der Waals surface area contributed by atoms with Gasteiger partial charge in [0.2, 0.25) is 0 Å². The summed E-state index contributed by atoms with van der Waals surface area (Å²) in [6.45, 7) is 4.22. The topological polar surface area (TPSA) is 24.4 Å². The van der Waals surface area contributed by atoms with Gasteiger partial charge >= 0.3 is 0 Å². The predicted octanol–water partition coefficient (Wildman–Crippen LogP) is 0.420. The second-order valence-electron chi connectivity index (χ2n) is 1.07. The monoisotopic (exact) mass is 98.1 g/mol. The van der Waals surface area contributed by atoms with Gasteiger partial charge in [-0.25, -0.2) is 0 Å². The minimum atomic E-state index is 0.812. The molecule has 2 heteroatoms. The molecule has 0 rings (SSSR count). The van der Waals surface area contributed by atoms with E-state index in [9.17, 15) is 0 Å². The van der Waals surface area contributed by atoms with Gasteiger partial charge in [0.25, 0.3) is 0 Å². The van der Waals surface area contributed by atoms with E-state index in [0.29, 0.717) is 0 Å². The summed E-state index contributed by atoms with van der Waals surface area (Å²) < 4.78 is 0. The fourth-order valence-corrected chi connectivity index (χ4v) is 0.219. The standard InChI is InChI=1S/C5H10N2/c1-3-7-5-4-6-2/h3,5-6H,1,4H2,2H3/b7-5-. The molecule has 7 heavy (non-hydrogen) atoms. The molecule has 0 aromatic rings. The van der Waals surface area contributed by atoms with Gasteiger partial charge < -0.3 is 5.32 Å². The van der Waals surface area contributed by atoms with Gasteiger partial charge in [0.15, 0.2) is 0 Å². The molecule has 0 aromatic carbocycles. The molecule has 0 radical (unpaired) electrons. The minimum absolute atomic E-state index is 0.812. The highest BCUT2D eigenvalue weighted by atomic mass is 14.8. The first-order chi connectivity index (χ1) is 3.41. The van der Waals surface area contributed by atoms with E-state index in [4.69, 9.17) is 0 Å². The quantitative estimate of drug-likeness (QED) is 0.508. The van der Waals surface area contributed by atoms with Crippen molar-refractivity contribution < 1.29 is 0 Å². The van der Waals surface area contributed by atoms with Crippen LogP contribution in [0.5, 0.6) is 0 Å². The molecule has 1 N–H and O–H groups in total. The summed E-state index contributed by atoms with van der Waals surface area (Å²) in [4.78, 5) is 3.74. The smallest absolute Gasteiger partial charge is 0.0306 e. The molecule has 0 fully saturated rings. The summed E-state index contributed by atoms with van der Waals surface area (Å²) in [6, 6.07) is 0. The zero-order chi connectivity index (χ0) is 5.54. The maximum atomic E-state index is 3.74. The lowest BCUT2D eigenvalue weighted by Gasteiger charge is -1.81. The Balaban J connectivity index is 2.92. The molecule has 0 aliphatic heterocycles. The first-order valence-electron chi connectivity index (χ1n) is 2.19. The summed E-state index contributed by atoms with van der Waals surface area (Å²) in [5.74, 6) is 0. The summed E-state index contributed by atoms with van der Waals surface area (Å²) in [6.07, 6.45) is 3.27. The average Bonchev–Trinajstić information content (AvgIpc) is 1.69. The van der Waals surface area contributed by atoms with E-state index in [1.165, 1.54) is 6.20 Å². The van der Waals surface area contributed by atoms with E-state index in [2.05, 4.69) is 16.9 Å². The Morgan fingerprint density at radius 2 is 2.57 bits per heavy atom. The maximum Gasteiger partial charge on any atom is 0.0306 e. The second kappa shape index (κ2) is 5.37. The molecular weight excluding hydrogens is 88.1 g/mol. The third kappa shape index (κ3) is 5.37. The van der Waals surface area contributed by atoms with Crippen LogP contribution in [0.25, 0.3) is 0 Å². The fraction of sp³-hybridized carbons (Fsp3) is 0.400. The lowest BCUT2D eigenvalue weighted by Crippen LogP contribution is -2.07. The molecule has 0 spiro atoms. The minimum Gasteiger partial charge on any atom is -0.315 e. The molecule has 0 aliphatic rings. The number of aliphatic imine (C=N–C) groups is 1. The van der Waals surface area contributed by atoms with Crippen molar-refractivity contribution in [2.75, 3.05) is 13.6 Å². The summed E-state index contributed by atoms with van der Waals surface area (Å²) in [5.41, 5.74) is 0. The Morgan fingerprint density at radius 1 is 1.86 bits per heavy atom. The Kier molecular flexibility index (Phi) is 4.89. The van der Waals surface area contributed by atoms with E-state index in [1.54, 1.807) is 6.21 Å². The SMILES string of the molecule is C=C/N=C\CNC. The molecule has 0 bridgehead atoms. The molecular formula is C5H10N2. The van der Waals surface area contributed by atoms with Gasteiger partial charge in [0, 0.05) is 19.0 Å². The normalized spacial score (nSPS) is 9.86. The molecule has 0 aromatic heterocycles. The number of rotatable bonds is 3. The number of nitrogens with one attached hydrogen (secondary N) is 1. The Labute approximate surface area is 44.0 Å². The van der Waals surface area contributed by atoms with Crippen molar-refractivity contribution in [3.05, 3.63) is 12.8 Å². The summed E-state index contributed by atoms with van der Waals surface area (Å²) >= 11 is 0. The van der Waals surface area contributed by atoms with Crippen molar-refractivity contribution in [2.24, 2.45) is 4.99 Å². The van der Waals surface area contributed by atoms with Gasteiger partial charge in [0.05, 0.1) is 0 Å². The summed E-state index contributed by atoms with van der Waals surface area (Å²) in [7, 11) is 1.87. The molecule has 40 valence electrons. The Hall–Kier alpha value is -0.630. The number of nitrogens with zero attached hydrogens (tertiary/aromatic N) is 1. The van der Waals surface area contributed by atoms with Crippen molar-refractivity contribution in [3.63, 3.8) is 0 Å².